The van der Waals surface area contributed by atoms with Crippen molar-refractivity contribution < 1.29 is 9.59 Å². The first-order valence-corrected chi connectivity index (χ1v) is 8.33. The highest BCUT2D eigenvalue weighted by Crippen LogP contribution is 2.15. The lowest BCUT2D eigenvalue weighted by molar-refractivity contribution is -0.133. The maximum atomic E-state index is 12.2. The van der Waals surface area contributed by atoms with E-state index in [2.05, 4.69) is 27.7 Å². The van der Waals surface area contributed by atoms with Gasteiger partial charge in [-0.2, -0.15) is 0 Å². The van der Waals surface area contributed by atoms with Crippen LogP contribution in [0.1, 0.15) is 12.8 Å². The van der Waals surface area contributed by atoms with Crippen LogP contribution >= 0.6 is 0 Å². The zero-order valence-electron chi connectivity index (χ0n) is 13.3. The summed E-state index contributed by atoms with van der Waals surface area (Å²) in [4.78, 5) is 28.3. The van der Waals surface area contributed by atoms with Crippen LogP contribution in [-0.2, 0) is 9.59 Å². The van der Waals surface area contributed by atoms with E-state index in [-0.39, 0.29) is 24.4 Å². The fraction of sp³-hybridized carbons (Fsp3) is 0.529. The predicted octanol–water partition coefficient (Wildman–Crippen LogP) is 0.203. The molecule has 0 radical (unpaired) electrons. The Morgan fingerprint density at radius 1 is 1.13 bits per heavy atom. The summed E-state index contributed by atoms with van der Waals surface area (Å²) in [5.74, 6) is -0.0529. The minimum absolute atomic E-state index is 0.00376. The molecule has 1 atom stereocenters. The molecule has 2 N–H and O–H groups in total. The van der Waals surface area contributed by atoms with E-state index in [9.17, 15) is 9.59 Å². The first-order valence-electron chi connectivity index (χ1n) is 8.33. The van der Waals surface area contributed by atoms with Crippen LogP contribution in [0.2, 0.25) is 0 Å². The fourth-order valence-electron chi connectivity index (χ4n) is 3.16. The number of rotatable bonds is 4. The second-order valence-electron chi connectivity index (χ2n) is 6.07. The summed E-state index contributed by atoms with van der Waals surface area (Å²) in [6.45, 7) is 4.04. The first kappa shape index (κ1) is 15.8. The molecule has 2 aliphatic heterocycles. The number of nitrogens with zero attached hydrogens (tertiary/aromatic N) is 2. The molecule has 2 fully saturated rings. The molecular formula is C17H24N4O2. The second kappa shape index (κ2) is 7.46. The highest BCUT2D eigenvalue weighted by molar-refractivity contribution is 5.87. The third kappa shape index (κ3) is 4.01. The third-order valence-electron chi connectivity index (χ3n) is 4.54. The van der Waals surface area contributed by atoms with Crippen molar-refractivity contribution in [1.29, 1.82) is 0 Å². The number of carbonyl (C=O) groups is 2. The van der Waals surface area contributed by atoms with Gasteiger partial charge in [0.15, 0.2) is 0 Å². The molecule has 6 nitrogen and oxygen atoms in total. The van der Waals surface area contributed by atoms with Crippen LogP contribution in [0.5, 0.6) is 0 Å². The minimum Gasteiger partial charge on any atom is -0.368 e. The van der Waals surface area contributed by atoms with E-state index in [0.717, 1.165) is 32.5 Å². The highest BCUT2D eigenvalue weighted by atomic mass is 16.2. The summed E-state index contributed by atoms with van der Waals surface area (Å²) in [7, 11) is 0. The Bertz CT molecular complexity index is 535. The van der Waals surface area contributed by atoms with Crippen LogP contribution in [0.15, 0.2) is 30.3 Å². The largest absolute Gasteiger partial charge is 0.368 e. The van der Waals surface area contributed by atoms with Crippen molar-refractivity contribution in [3.63, 3.8) is 0 Å². The molecule has 0 spiro atoms. The summed E-state index contributed by atoms with van der Waals surface area (Å²) in [5, 5.41) is 5.90. The van der Waals surface area contributed by atoms with E-state index in [1.807, 2.05) is 23.1 Å². The molecule has 2 amide bonds. The number of nitrogens with one attached hydrogen (secondary N) is 2. The van der Waals surface area contributed by atoms with Crippen molar-refractivity contribution in [1.82, 2.24) is 15.5 Å². The quantitative estimate of drug-likeness (QED) is 0.833. The molecule has 124 valence electrons. The number of hydrogen-bond acceptors (Lipinski definition) is 4. The molecule has 0 aliphatic carbocycles. The van der Waals surface area contributed by atoms with E-state index in [0.29, 0.717) is 13.1 Å². The molecule has 0 aromatic heterocycles. The van der Waals surface area contributed by atoms with E-state index in [1.165, 1.54) is 5.69 Å². The van der Waals surface area contributed by atoms with Gasteiger partial charge in [0, 0.05) is 31.9 Å². The van der Waals surface area contributed by atoms with E-state index in [1.54, 1.807) is 0 Å². The van der Waals surface area contributed by atoms with Crippen LogP contribution in [0.25, 0.3) is 0 Å². The van der Waals surface area contributed by atoms with Gasteiger partial charge in [0.05, 0.1) is 12.6 Å². The standard InChI is InChI=1S/C17H24N4O2/c22-16(13-19-17(23)15-7-4-8-18-15)21-11-9-20(10-12-21)14-5-2-1-3-6-14/h1-3,5-6,15,18H,4,7-13H2,(H,19,23)/t15-/m0/s1. The van der Waals surface area contributed by atoms with Crippen molar-refractivity contribution in [2.24, 2.45) is 0 Å². The van der Waals surface area contributed by atoms with Crippen LogP contribution in [0.3, 0.4) is 0 Å². The third-order valence-corrected chi connectivity index (χ3v) is 4.54. The maximum absolute atomic E-state index is 12.2. The molecule has 2 aliphatic rings. The fourth-order valence-corrected chi connectivity index (χ4v) is 3.16. The molecule has 0 saturated carbocycles. The van der Waals surface area contributed by atoms with Gasteiger partial charge in [0.25, 0.3) is 0 Å². The number of amides is 2. The lowest BCUT2D eigenvalue weighted by atomic mass is 10.2. The number of hydrogen-bond donors (Lipinski definition) is 2. The molecule has 2 heterocycles. The van der Waals surface area contributed by atoms with Crippen LogP contribution in [-0.4, -0.2) is 62.0 Å². The van der Waals surface area contributed by atoms with Crippen molar-refractivity contribution in [3.8, 4) is 0 Å². The average Bonchev–Trinajstić information content (AvgIpc) is 3.15. The summed E-state index contributed by atoms with van der Waals surface area (Å²) < 4.78 is 0. The summed E-state index contributed by atoms with van der Waals surface area (Å²) >= 11 is 0. The smallest absolute Gasteiger partial charge is 0.242 e. The lowest BCUT2D eigenvalue weighted by Crippen LogP contribution is -2.52. The molecule has 0 unspecified atom stereocenters. The Kier molecular flexibility index (Phi) is 5.12. The highest BCUT2D eigenvalue weighted by Gasteiger charge is 2.24. The molecule has 1 aromatic rings. The van der Waals surface area contributed by atoms with Gasteiger partial charge in [-0.25, -0.2) is 0 Å². The zero-order chi connectivity index (χ0) is 16.1. The lowest BCUT2D eigenvalue weighted by Gasteiger charge is -2.36. The molecular weight excluding hydrogens is 292 g/mol. The Balaban J connectivity index is 1.42. The molecule has 23 heavy (non-hydrogen) atoms. The Morgan fingerprint density at radius 2 is 1.87 bits per heavy atom. The Labute approximate surface area is 136 Å². The molecule has 1 aromatic carbocycles. The van der Waals surface area contributed by atoms with Gasteiger partial charge in [-0.15, -0.1) is 0 Å². The average molecular weight is 316 g/mol. The normalized spacial score (nSPS) is 21.3. The Hall–Kier alpha value is -2.08. The topological polar surface area (TPSA) is 64.7 Å². The number of benzene rings is 1. The van der Waals surface area contributed by atoms with E-state index >= 15 is 0 Å². The molecule has 2 saturated heterocycles. The van der Waals surface area contributed by atoms with Gasteiger partial charge in [-0.1, -0.05) is 18.2 Å². The minimum atomic E-state index is -0.127. The van der Waals surface area contributed by atoms with Crippen molar-refractivity contribution in [3.05, 3.63) is 30.3 Å². The summed E-state index contributed by atoms with van der Waals surface area (Å²) in [6.07, 6.45) is 1.88. The monoisotopic (exact) mass is 316 g/mol. The van der Waals surface area contributed by atoms with Crippen LogP contribution in [0, 0.1) is 0 Å². The van der Waals surface area contributed by atoms with E-state index in [4.69, 9.17) is 0 Å². The Morgan fingerprint density at radius 3 is 2.52 bits per heavy atom. The van der Waals surface area contributed by atoms with Gasteiger partial charge < -0.3 is 20.4 Å². The van der Waals surface area contributed by atoms with Crippen molar-refractivity contribution >= 4 is 17.5 Å². The van der Waals surface area contributed by atoms with Gasteiger partial charge in [-0.05, 0) is 31.5 Å². The number of anilines is 1. The molecule has 6 heteroatoms. The predicted molar refractivity (Wildman–Crippen MR) is 89.3 cm³/mol. The second-order valence-corrected chi connectivity index (χ2v) is 6.07. The van der Waals surface area contributed by atoms with Crippen LogP contribution in [0.4, 0.5) is 5.69 Å². The number of carbonyl (C=O) groups excluding carboxylic acids is 2. The van der Waals surface area contributed by atoms with Gasteiger partial charge in [0.1, 0.15) is 0 Å². The van der Waals surface area contributed by atoms with E-state index < -0.39 is 0 Å². The van der Waals surface area contributed by atoms with Crippen molar-refractivity contribution in [2.75, 3.05) is 44.2 Å². The van der Waals surface area contributed by atoms with Crippen molar-refractivity contribution in [2.45, 2.75) is 18.9 Å². The van der Waals surface area contributed by atoms with Crippen LogP contribution < -0.4 is 15.5 Å². The van der Waals surface area contributed by atoms with Gasteiger partial charge in [-0.3, -0.25) is 9.59 Å². The maximum Gasteiger partial charge on any atom is 0.242 e. The number of piperazine rings is 1. The SMILES string of the molecule is O=C(NCC(=O)N1CCN(c2ccccc2)CC1)[C@@H]1CCCN1. The first-order chi connectivity index (χ1) is 11.2. The molecule has 0 bridgehead atoms. The van der Waals surface area contributed by atoms with Gasteiger partial charge >= 0.3 is 0 Å². The van der Waals surface area contributed by atoms with Gasteiger partial charge in [0.2, 0.25) is 11.8 Å². The summed E-state index contributed by atoms with van der Waals surface area (Å²) in [6, 6.07) is 10.1. The zero-order valence-corrected chi connectivity index (χ0v) is 13.3. The summed E-state index contributed by atoms with van der Waals surface area (Å²) in [5.41, 5.74) is 1.19. The number of para-hydroxylation sites is 1. The molecule has 3 rings (SSSR count).